The van der Waals surface area contributed by atoms with E-state index in [4.69, 9.17) is 4.74 Å². The number of aryl methyl sites for hydroxylation is 1. The number of methoxy groups -OCH3 is 1. The van der Waals surface area contributed by atoms with Gasteiger partial charge in [0.2, 0.25) is 0 Å². The smallest absolute Gasteiger partial charge is 0.322 e. The van der Waals surface area contributed by atoms with Gasteiger partial charge < -0.3 is 19.9 Å². The summed E-state index contributed by atoms with van der Waals surface area (Å²) in [5, 5.41) is 2.94. The quantitative estimate of drug-likeness (QED) is 0.941. The van der Waals surface area contributed by atoms with Crippen LogP contribution in [0.1, 0.15) is 5.56 Å². The van der Waals surface area contributed by atoms with Gasteiger partial charge in [-0.15, -0.1) is 0 Å². The molecule has 0 unspecified atom stereocenters. The summed E-state index contributed by atoms with van der Waals surface area (Å²) in [5.74, 6) is 0.671. The van der Waals surface area contributed by atoms with E-state index in [0.717, 1.165) is 13.1 Å². The minimum absolute atomic E-state index is 0.0805. The first-order valence-electron chi connectivity index (χ1n) is 8.18. The van der Waals surface area contributed by atoms with Crippen molar-refractivity contribution < 1.29 is 9.53 Å². The van der Waals surface area contributed by atoms with Crippen LogP contribution in [0.25, 0.3) is 0 Å². The molecule has 126 valence electrons. The van der Waals surface area contributed by atoms with Crippen molar-refractivity contribution >= 4 is 17.4 Å². The van der Waals surface area contributed by atoms with Crippen LogP contribution in [-0.4, -0.2) is 44.2 Å². The largest absolute Gasteiger partial charge is 0.495 e. The van der Waals surface area contributed by atoms with E-state index in [1.165, 1.54) is 11.3 Å². The van der Waals surface area contributed by atoms with Crippen LogP contribution in [0.5, 0.6) is 5.75 Å². The lowest BCUT2D eigenvalue weighted by Gasteiger charge is -2.36. The highest BCUT2D eigenvalue weighted by Crippen LogP contribution is 2.24. The molecule has 2 amide bonds. The molecule has 1 aliphatic rings. The van der Waals surface area contributed by atoms with Gasteiger partial charge in [-0.2, -0.15) is 0 Å². The van der Waals surface area contributed by atoms with E-state index in [0.29, 0.717) is 24.5 Å². The first kappa shape index (κ1) is 16.2. The van der Waals surface area contributed by atoms with Crippen LogP contribution in [0, 0.1) is 6.92 Å². The summed E-state index contributed by atoms with van der Waals surface area (Å²) in [7, 11) is 1.60. The Balaban J connectivity index is 1.58. The standard InChI is InChI=1S/C19H23N3O2/c1-15-7-9-16(10-8-15)21-11-13-22(14-12-21)19(23)20-17-5-3-4-6-18(17)24-2/h3-10H,11-14H2,1-2H3,(H,20,23). The number of anilines is 2. The second-order valence-corrected chi connectivity index (χ2v) is 5.94. The molecule has 24 heavy (non-hydrogen) atoms. The fraction of sp³-hybridized carbons (Fsp3) is 0.316. The van der Waals surface area contributed by atoms with E-state index in [2.05, 4.69) is 41.4 Å². The number of nitrogens with one attached hydrogen (secondary N) is 1. The molecule has 0 aromatic heterocycles. The summed E-state index contributed by atoms with van der Waals surface area (Å²) in [4.78, 5) is 16.6. The summed E-state index contributed by atoms with van der Waals surface area (Å²) in [6.07, 6.45) is 0. The molecule has 0 radical (unpaired) electrons. The van der Waals surface area contributed by atoms with Gasteiger partial charge in [0.15, 0.2) is 0 Å². The molecule has 1 saturated heterocycles. The molecule has 1 heterocycles. The predicted octanol–water partition coefficient (Wildman–Crippen LogP) is 3.36. The second kappa shape index (κ2) is 7.25. The van der Waals surface area contributed by atoms with E-state index in [9.17, 15) is 4.79 Å². The monoisotopic (exact) mass is 325 g/mol. The van der Waals surface area contributed by atoms with Crippen LogP contribution in [0.4, 0.5) is 16.2 Å². The van der Waals surface area contributed by atoms with Gasteiger partial charge in [0.25, 0.3) is 0 Å². The lowest BCUT2D eigenvalue weighted by atomic mass is 10.2. The van der Waals surface area contributed by atoms with E-state index in [1.54, 1.807) is 7.11 Å². The Morgan fingerprint density at radius 3 is 2.33 bits per heavy atom. The normalized spacial score (nSPS) is 14.4. The topological polar surface area (TPSA) is 44.8 Å². The fourth-order valence-corrected chi connectivity index (χ4v) is 2.87. The maximum Gasteiger partial charge on any atom is 0.322 e. The fourth-order valence-electron chi connectivity index (χ4n) is 2.87. The molecule has 0 saturated carbocycles. The first-order chi connectivity index (χ1) is 11.7. The number of piperazine rings is 1. The highest BCUT2D eigenvalue weighted by atomic mass is 16.5. The van der Waals surface area contributed by atoms with Crippen molar-refractivity contribution in [1.82, 2.24) is 4.90 Å². The third-order valence-corrected chi connectivity index (χ3v) is 4.31. The summed E-state index contributed by atoms with van der Waals surface area (Å²) in [6.45, 7) is 5.17. The summed E-state index contributed by atoms with van der Waals surface area (Å²) in [5.41, 5.74) is 3.17. The van der Waals surface area contributed by atoms with Crippen LogP contribution >= 0.6 is 0 Å². The Hall–Kier alpha value is -2.69. The van der Waals surface area contributed by atoms with Crippen LogP contribution < -0.4 is 15.0 Å². The van der Waals surface area contributed by atoms with Crippen molar-refractivity contribution in [3.8, 4) is 5.75 Å². The number of carbonyl (C=O) groups is 1. The molecule has 1 aliphatic heterocycles. The number of amides is 2. The zero-order valence-electron chi connectivity index (χ0n) is 14.2. The van der Waals surface area contributed by atoms with Gasteiger partial charge in [-0.3, -0.25) is 0 Å². The Kier molecular flexibility index (Phi) is 4.89. The number of rotatable bonds is 3. The number of hydrogen-bond donors (Lipinski definition) is 1. The van der Waals surface area contributed by atoms with E-state index >= 15 is 0 Å². The molecule has 0 spiro atoms. The second-order valence-electron chi connectivity index (χ2n) is 5.94. The van der Waals surface area contributed by atoms with E-state index in [1.807, 2.05) is 29.2 Å². The highest BCUT2D eigenvalue weighted by molar-refractivity contribution is 5.91. The van der Waals surface area contributed by atoms with Gasteiger partial charge in [-0.1, -0.05) is 29.8 Å². The molecule has 1 fully saturated rings. The van der Waals surface area contributed by atoms with Gasteiger partial charge in [-0.25, -0.2) is 4.79 Å². The summed E-state index contributed by atoms with van der Waals surface area (Å²) >= 11 is 0. The van der Waals surface area contributed by atoms with Crippen molar-refractivity contribution in [3.63, 3.8) is 0 Å². The third kappa shape index (κ3) is 3.62. The molecule has 5 heteroatoms. The third-order valence-electron chi connectivity index (χ3n) is 4.31. The molecule has 1 N–H and O–H groups in total. The van der Waals surface area contributed by atoms with Crippen LogP contribution in [0.2, 0.25) is 0 Å². The lowest BCUT2D eigenvalue weighted by molar-refractivity contribution is 0.208. The maximum absolute atomic E-state index is 12.5. The molecule has 0 atom stereocenters. The molecule has 2 aromatic carbocycles. The average molecular weight is 325 g/mol. The van der Waals surface area contributed by atoms with Gasteiger partial charge >= 0.3 is 6.03 Å². The van der Waals surface area contributed by atoms with E-state index < -0.39 is 0 Å². The van der Waals surface area contributed by atoms with Crippen molar-refractivity contribution in [2.24, 2.45) is 0 Å². The van der Waals surface area contributed by atoms with Crippen LogP contribution in [-0.2, 0) is 0 Å². The zero-order valence-corrected chi connectivity index (χ0v) is 14.2. The van der Waals surface area contributed by atoms with Crippen molar-refractivity contribution in [2.75, 3.05) is 43.5 Å². The molecule has 0 bridgehead atoms. The maximum atomic E-state index is 12.5. The van der Waals surface area contributed by atoms with Crippen molar-refractivity contribution in [3.05, 3.63) is 54.1 Å². The minimum atomic E-state index is -0.0805. The highest BCUT2D eigenvalue weighted by Gasteiger charge is 2.21. The Bertz CT molecular complexity index is 692. The molecule has 5 nitrogen and oxygen atoms in total. The number of para-hydroxylation sites is 2. The van der Waals surface area contributed by atoms with Gasteiger partial charge in [0, 0.05) is 31.9 Å². The van der Waals surface area contributed by atoms with E-state index in [-0.39, 0.29) is 6.03 Å². The number of benzene rings is 2. The number of urea groups is 1. The van der Waals surface area contributed by atoms with Crippen molar-refractivity contribution in [1.29, 1.82) is 0 Å². The van der Waals surface area contributed by atoms with Crippen molar-refractivity contribution in [2.45, 2.75) is 6.92 Å². The molecular weight excluding hydrogens is 302 g/mol. The Morgan fingerprint density at radius 1 is 1.00 bits per heavy atom. The summed E-state index contributed by atoms with van der Waals surface area (Å²) < 4.78 is 5.28. The minimum Gasteiger partial charge on any atom is -0.495 e. The first-order valence-corrected chi connectivity index (χ1v) is 8.18. The summed E-state index contributed by atoms with van der Waals surface area (Å²) in [6, 6.07) is 15.9. The number of hydrogen-bond acceptors (Lipinski definition) is 3. The SMILES string of the molecule is COc1ccccc1NC(=O)N1CCN(c2ccc(C)cc2)CC1. The van der Waals surface area contributed by atoms with Crippen LogP contribution in [0.3, 0.4) is 0 Å². The van der Waals surface area contributed by atoms with Gasteiger partial charge in [0.05, 0.1) is 12.8 Å². The molecule has 0 aliphatic carbocycles. The molecular formula is C19H23N3O2. The Labute approximate surface area is 142 Å². The number of ether oxygens (including phenoxy) is 1. The lowest BCUT2D eigenvalue weighted by Crippen LogP contribution is -2.50. The predicted molar refractivity (Wildman–Crippen MR) is 97.0 cm³/mol. The average Bonchev–Trinajstić information content (AvgIpc) is 2.63. The van der Waals surface area contributed by atoms with Crippen LogP contribution in [0.15, 0.2) is 48.5 Å². The zero-order chi connectivity index (χ0) is 16.9. The Morgan fingerprint density at radius 2 is 1.67 bits per heavy atom. The number of nitrogens with zero attached hydrogens (tertiary/aromatic N) is 2. The molecule has 3 rings (SSSR count). The molecule has 2 aromatic rings. The van der Waals surface area contributed by atoms with Gasteiger partial charge in [-0.05, 0) is 31.2 Å². The van der Waals surface area contributed by atoms with Gasteiger partial charge in [0.1, 0.15) is 5.75 Å². The number of carbonyl (C=O) groups excluding carboxylic acids is 1.